The maximum Gasteiger partial charge on any atom is 0.250 e. The topological polar surface area (TPSA) is 82.7 Å². The summed E-state index contributed by atoms with van der Waals surface area (Å²) in [6, 6.07) is 7.83. The second-order valence-electron chi connectivity index (χ2n) is 7.02. The summed E-state index contributed by atoms with van der Waals surface area (Å²) in [6.45, 7) is 3.28. The van der Waals surface area contributed by atoms with Gasteiger partial charge in [-0.2, -0.15) is 0 Å². The molecule has 0 aliphatic carbocycles. The molecule has 25 heavy (non-hydrogen) atoms. The molecule has 7 nitrogen and oxygen atoms in total. The number of nitrogens with one attached hydrogen (secondary N) is 3. The van der Waals surface area contributed by atoms with Crippen molar-refractivity contribution in [3.8, 4) is 0 Å². The third kappa shape index (κ3) is 3.21. The molecule has 134 valence electrons. The Bertz CT molecular complexity index is 664. The van der Waals surface area contributed by atoms with Crippen LogP contribution in [-0.4, -0.2) is 61.1 Å². The molecule has 0 saturated carbocycles. The van der Waals surface area contributed by atoms with Crippen LogP contribution in [0.2, 0.25) is 0 Å². The zero-order chi connectivity index (χ0) is 17.3. The van der Waals surface area contributed by atoms with E-state index in [2.05, 4.69) is 16.0 Å². The number of ether oxygens (including phenoxy) is 1. The molecule has 1 atom stereocenters. The number of rotatable bonds is 2. The molecule has 2 amide bonds. The van der Waals surface area contributed by atoms with Gasteiger partial charge in [0.2, 0.25) is 11.8 Å². The third-order valence-corrected chi connectivity index (χ3v) is 5.37. The maximum atomic E-state index is 12.6. The van der Waals surface area contributed by atoms with Gasteiger partial charge in [0.05, 0.1) is 24.6 Å². The number of likely N-dealkylation sites (tertiary alicyclic amines) is 1. The van der Waals surface area contributed by atoms with Gasteiger partial charge in [-0.05, 0) is 25.0 Å². The lowest BCUT2D eigenvalue weighted by atomic mass is 9.84. The van der Waals surface area contributed by atoms with Gasteiger partial charge in [-0.3, -0.25) is 9.59 Å². The van der Waals surface area contributed by atoms with E-state index in [0.29, 0.717) is 45.6 Å². The van der Waals surface area contributed by atoms with Crippen LogP contribution in [0.1, 0.15) is 19.3 Å². The number of anilines is 2. The molecular weight excluding hydrogens is 320 g/mol. The number of hydrogen-bond donors (Lipinski definition) is 3. The second kappa shape index (κ2) is 6.65. The van der Waals surface area contributed by atoms with Gasteiger partial charge in [0.1, 0.15) is 5.54 Å². The predicted octanol–water partition coefficient (Wildman–Crippen LogP) is 0.790. The van der Waals surface area contributed by atoms with E-state index in [-0.39, 0.29) is 17.9 Å². The number of fused-ring (bicyclic) bond motifs is 1. The van der Waals surface area contributed by atoms with Crippen molar-refractivity contribution in [3.05, 3.63) is 24.3 Å². The number of benzene rings is 1. The number of amides is 2. The minimum Gasteiger partial charge on any atom is -0.378 e. The first-order valence-electron chi connectivity index (χ1n) is 8.94. The van der Waals surface area contributed by atoms with Crippen LogP contribution in [0.4, 0.5) is 11.4 Å². The van der Waals surface area contributed by atoms with Crippen molar-refractivity contribution in [2.24, 2.45) is 0 Å². The van der Waals surface area contributed by atoms with Gasteiger partial charge in [0.15, 0.2) is 0 Å². The molecule has 7 heteroatoms. The Morgan fingerprint density at radius 3 is 2.72 bits per heavy atom. The summed E-state index contributed by atoms with van der Waals surface area (Å²) in [4.78, 5) is 27.0. The van der Waals surface area contributed by atoms with E-state index >= 15 is 0 Å². The van der Waals surface area contributed by atoms with Crippen LogP contribution in [0.15, 0.2) is 24.3 Å². The summed E-state index contributed by atoms with van der Waals surface area (Å²) in [5.74, 6) is 0.134. The van der Waals surface area contributed by atoms with E-state index in [1.807, 2.05) is 29.2 Å². The summed E-state index contributed by atoms with van der Waals surface area (Å²) in [7, 11) is 0. The molecule has 3 N–H and O–H groups in total. The summed E-state index contributed by atoms with van der Waals surface area (Å²) in [6.07, 6.45) is 1.69. The highest BCUT2D eigenvalue weighted by atomic mass is 16.5. The maximum absolute atomic E-state index is 12.6. The fourth-order valence-corrected chi connectivity index (χ4v) is 3.84. The fourth-order valence-electron chi connectivity index (χ4n) is 3.84. The first-order chi connectivity index (χ1) is 12.2. The molecule has 0 bridgehead atoms. The molecule has 1 spiro atoms. The minimum absolute atomic E-state index is 0.000598. The molecule has 0 aromatic heterocycles. The lowest BCUT2D eigenvalue weighted by Gasteiger charge is -2.44. The Hall–Kier alpha value is -2.12. The zero-order valence-electron chi connectivity index (χ0n) is 14.2. The second-order valence-corrected chi connectivity index (χ2v) is 7.02. The van der Waals surface area contributed by atoms with Gasteiger partial charge < -0.3 is 25.6 Å². The Morgan fingerprint density at radius 2 is 2.00 bits per heavy atom. The Labute approximate surface area is 147 Å². The average molecular weight is 344 g/mol. The highest BCUT2D eigenvalue weighted by molar-refractivity contribution is 6.06. The molecule has 2 fully saturated rings. The number of para-hydroxylation sites is 2. The number of carbonyl (C=O) groups excluding carboxylic acids is 2. The van der Waals surface area contributed by atoms with E-state index < -0.39 is 5.54 Å². The first-order valence-corrected chi connectivity index (χ1v) is 8.94. The molecule has 3 heterocycles. The van der Waals surface area contributed by atoms with E-state index in [1.54, 1.807) is 0 Å². The van der Waals surface area contributed by atoms with E-state index in [1.165, 1.54) is 0 Å². The van der Waals surface area contributed by atoms with Gasteiger partial charge in [0, 0.05) is 32.1 Å². The number of morpholine rings is 1. The van der Waals surface area contributed by atoms with Crippen molar-refractivity contribution in [1.29, 1.82) is 0 Å². The molecule has 2 saturated heterocycles. The van der Waals surface area contributed by atoms with Crippen LogP contribution in [0.25, 0.3) is 0 Å². The monoisotopic (exact) mass is 344 g/mol. The van der Waals surface area contributed by atoms with Crippen LogP contribution < -0.4 is 16.0 Å². The highest BCUT2D eigenvalue weighted by Gasteiger charge is 2.45. The lowest BCUT2D eigenvalue weighted by molar-refractivity contribution is -0.135. The standard InChI is InChI=1S/C18H24N4O3/c23-16(11-13-12-25-10-7-19-13)22-8-5-18(6-9-22)17(24)20-14-3-1-2-4-15(14)21-18/h1-4,13,19,21H,5-12H2,(H,20,24). The third-order valence-electron chi connectivity index (χ3n) is 5.37. The number of piperidine rings is 1. The van der Waals surface area contributed by atoms with Crippen molar-refractivity contribution in [2.75, 3.05) is 43.5 Å². The van der Waals surface area contributed by atoms with Crippen molar-refractivity contribution < 1.29 is 14.3 Å². The van der Waals surface area contributed by atoms with Gasteiger partial charge in [-0.15, -0.1) is 0 Å². The normalized spacial score (nSPS) is 25.0. The SMILES string of the molecule is O=C(CC1COCCN1)N1CCC2(CC1)Nc1ccccc1NC2=O. The van der Waals surface area contributed by atoms with E-state index in [0.717, 1.165) is 17.9 Å². The Kier molecular flexibility index (Phi) is 4.35. The molecular formula is C18H24N4O3. The lowest BCUT2D eigenvalue weighted by Crippen LogP contribution is -2.59. The Morgan fingerprint density at radius 1 is 1.24 bits per heavy atom. The number of carbonyl (C=O) groups is 2. The van der Waals surface area contributed by atoms with E-state index in [4.69, 9.17) is 4.74 Å². The average Bonchev–Trinajstić information content (AvgIpc) is 2.64. The smallest absolute Gasteiger partial charge is 0.250 e. The van der Waals surface area contributed by atoms with Crippen LogP contribution >= 0.6 is 0 Å². The van der Waals surface area contributed by atoms with Gasteiger partial charge in [0.25, 0.3) is 0 Å². The Balaban J connectivity index is 1.38. The van der Waals surface area contributed by atoms with Gasteiger partial charge >= 0.3 is 0 Å². The molecule has 1 aromatic rings. The molecule has 0 radical (unpaired) electrons. The largest absolute Gasteiger partial charge is 0.378 e. The molecule has 1 aromatic carbocycles. The molecule has 4 rings (SSSR count). The summed E-state index contributed by atoms with van der Waals surface area (Å²) in [5.41, 5.74) is 1.16. The zero-order valence-corrected chi connectivity index (χ0v) is 14.2. The van der Waals surface area contributed by atoms with Gasteiger partial charge in [-0.25, -0.2) is 0 Å². The predicted molar refractivity (Wildman–Crippen MR) is 94.5 cm³/mol. The molecule has 3 aliphatic heterocycles. The molecule has 1 unspecified atom stereocenters. The van der Waals surface area contributed by atoms with Crippen LogP contribution in [0, 0.1) is 0 Å². The van der Waals surface area contributed by atoms with Crippen molar-refractivity contribution in [3.63, 3.8) is 0 Å². The van der Waals surface area contributed by atoms with Crippen LogP contribution in [0.3, 0.4) is 0 Å². The fraction of sp³-hybridized carbons (Fsp3) is 0.556. The minimum atomic E-state index is -0.614. The van der Waals surface area contributed by atoms with Crippen LogP contribution in [-0.2, 0) is 14.3 Å². The van der Waals surface area contributed by atoms with Crippen molar-refractivity contribution >= 4 is 23.2 Å². The highest BCUT2D eigenvalue weighted by Crippen LogP contribution is 2.36. The summed E-state index contributed by atoms with van der Waals surface area (Å²) >= 11 is 0. The van der Waals surface area contributed by atoms with Crippen LogP contribution in [0.5, 0.6) is 0 Å². The van der Waals surface area contributed by atoms with Gasteiger partial charge in [-0.1, -0.05) is 12.1 Å². The quantitative estimate of drug-likeness (QED) is 0.739. The summed E-state index contributed by atoms with van der Waals surface area (Å²) < 4.78 is 5.41. The first kappa shape index (κ1) is 16.4. The molecule has 3 aliphatic rings. The number of hydrogen-bond acceptors (Lipinski definition) is 5. The van der Waals surface area contributed by atoms with Crippen molar-refractivity contribution in [2.45, 2.75) is 30.8 Å². The van der Waals surface area contributed by atoms with Crippen molar-refractivity contribution in [1.82, 2.24) is 10.2 Å². The number of nitrogens with zero attached hydrogens (tertiary/aromatic N) is 1. The summed E-state index contributed by atoms with van der Waals surface area (Å²) in [5, 5.41) is 9.73. The van der Waals surface area contributed by atoms with E-state index in [9.17, 15) is 9.59 Å².